The van der Waals surface area contributed by atoms with Crippen LogP contribution in [0.3, 0.4) is 0 Å². The molecule has 0 saturated heterocycles. The summed E-state index contributed by atoms with van der Waals surface area (Å²) in [4.78, 5) is 0. The molecule has 0 aromatic carbocycles. The lowest BCUT2D eigenvalue weighted by Gasteiger charge is -2.50. The van der Waals surface area contributed by atoms with Gasteiger partial charge < -0.3 is 4.12 Å². The fraction of sp³-hybridized carbons (Fsp3) is 1.00. The van der Waals surface area contributed by atoms with Gasteiger partial charge in [-0.05, 0) is 27.7 Å². The van der Waals surface area contributed by atoms with Gasteiger partial charge in [0.2, 0.25) is 0 Å². The van der Waals surface area contributed by atoms with E-state index in [1.807, 2.05) is 0 Å². The van der Waals surface area contributed by atoms with Gasteiger partial charge in [-0.3, -0.25) is 0 Å². The molecular formula is C17H39ClOSi2. The van der Waals surface area contributed by atoms with Crippen LogP contribution in [0.1, 0.15) is 82.1 Å². The predicted octanol–water partition coefficient (Wildman–Crippen LogP) is 7.46. The lowest BCUT2D eigenvalue weighted by atomic mass is 10.4. The Bertz CT molecular complexity index is 273. The minimum atomic E-state index is -2.25. The Morgan fingerprint density at radius 1 is 0.714 bits per heavy atom. The highest BCUT2D eigenvalue weighted by atomic mass is 35.6. The molecule has 0 spiro atoms. The van der Waals surface area contributed by atoms with Crippen LogP contribution in [0.25, 0.3) is 0 Å². The van der Waals surface area contributed by atoms with Crippen LogP contribution in [0.4, 0.5) is 0 Å². The first-order valence-corrected chi connectivity index (χ1v) is 14.1. The van der Waals surface area contributed by atoms with Crippen LogP contribution in [0.15, 0.2) is 0 Å². The van der Waals surface area contributed by atoms with Crippen LogP contribution in [-0.4, -0.2) is 15.9 Å². The molecule has 0 bridgehead atoms. The van der Waals surface area contributed by atoms with Crippen LogP contribution in [0.5, 0.6) is 0 Å². The van der Waals surface area contributed by atoms with Gasteiger partial charge in [-0.1, -0.05) is 82.1 Å². The molecule has 0 saturated carbocycles. The van der Waals surface area contributed by atoms with Gasteiger partial charge in [0.15, 0.2) is 8.32 Å². The summed E-state index contributed by atoms with van der Waals surface area (Å²) < 4.78 is 7.16. The summed E-state index contributed by atoms with van der Waals surface area (Å²) in [5.41, 5.74) is 2.85. The molecule has 0 N–H and O–H groups in total. The molecular weight excluding hydrogens is 312 g/mol. The topological polar surface area (TPSA) is 9.23 Å². The average Bonchev–Trinajstić information content (AvgIpc) is 2.41. The second-order valence-corrected chi connectivity index (χ2v) is 18.9. The molecule has 0 aromatic rings. The van der Waals surface area contributed by atoms with E-state index in [2.05, 4.69) is 69.2 Å². The fourth-order valence-electron chi connectivity index (χ4n) is 3.87. The molecule has 21 heavy (non-hydrogen) atoms. The summed E-state index contributed by atoms with van der Waals surface area (Å²) in [5.74, 6) is 0. The van der Waals surface area contributed by atoms with Gasteiger partial charge in [0.05, 0.1) is 0 Å². The van der Waals surface area contributed by atoms with Gasteiger partial charge in [0.1, 0.15) is 0 Å². The summed E-state index contributed by atoms with van der Waals surface area (Å²) in [7, 11) is -4.14. The van der Waals surface area contributed by atoms with Crippen molar-refractivity contribution in [3.05, 3.63) is 0 Å². The Morgan fingerprint density at radius 3 is 1.19 bits per heavy atom. The third-order valence-corrected chi connectivity index (χ3v) is 20.1. The molecule has 0 heterocycles. The lowest BCUT2D eigenvalue weighted by molar-refractivity contribution is 0.448. The maximum absolute atomic E-state index is 7.31. The first kappa shape index (κ1) is 21.7. The minimum Gasteiger partial charge on any atom is -0.443 e. The van der Waals surface area contributed by atoms with Crippen molar-refractivity contribution >= 4 is 27.0 Å². The van der Waals surface area contributed by atoms with E-state index in [1.54, 1.807) is 0 Å². The molecule has 2 atom stereocenters. The molecule has 0 rings (SSSR count). The molecule has 2 unspecified atom stereocenters. The average molecular weight is 351 g/mol. The largest absolute Gasteiger partial charge is 0.443 e. The Balaban J connectivity index is 5.83. The van der Waals surface area contributed by atoms with E-state index in [0.29, 0.717) is 27.7 Å². The molecule has 0 aliphatic rings. The summed E-state index contributed by atoms with van der Waals surface area (Å²) in [6.45, 7) is 23.2. The third kappa shape index (κ3) is 4.36. The first-order valence-electron chi connectivity index (χ1n) is 8.89. The van der Waals surface area contributed by atoms with Crippen LogP contribution in [0.2, 0.25) is 27.7 Å². The minimum absolute atomic E-state index is 0.511. The van der Waals surface area contributed by atoms with Crippen molar-refractivity contribution in [3.63, 3.8) is 0 Å². The van der Waals surface area contributed by atoms with Crippen molar-refractivity contribution in [3.8, 4) is 0 Å². The zero-order valence-electron chi connectivity index (χ0n) is 16.1. The Kier molecular flexibility index (Phi) is 8.79. The van der Waals surface area contributed by atoms with Crippen molar-refractivity contribution in [2.24, 2.45) is 0 Å². The van der Waals surface area contributed by atoms with Crippen LogP contribution < -0.4 is 0 Å². The summed E-state index contributed by atoms with van der Waals surface area (Å²) in [6.07, 6.45) is 2.25. The Morgan fingerprint density at radius 2 is 1.00 bits per heavy atom. The van der Waals surface area contributed by atoms with Gasteiger partial charge in [-0.25, -0.2) is 0 Å². The van der Waals surface area contributed by atoms with E-state index in [9.17, 15) is 0 Å². The summed E-state index contributed by atoms with van der Waals surface area (Å²) in [6, 6.07) is 0. The lowest BCUT2D eigenvalue weighted by Crippen LogP contribution is -2.57. The van der Waals surface area contributed by atoms with Crippen LogP contribution in [0, 0.1) is 0 Å². The fourth-order valence-corrected chi connectivity index (χ4v) is 18.7. The number of rotatable bonds is 9. The summed E-state index contributed by atoms with van der Waals surface area (Å²) >= 11 is 7.31. The van der Waals surface area contributed by atoms with E-state index in [1.165, 1.54) is 0 Å². The number of hydrogen-bond acceptors (Lipinski definition) is 1. The quantitative estimate of drug-likeness (QED) is 0.309. The molecule has 1 nitrogen and oxygen atoms in total. The highest BCUT2D eigenvalue weighted by Crippen LogP contribution is 2.50. The third-order valence-electron chi connectivity index (χ3n) is 5.61. The van der Waals surface area contributed by atoms with Crippen molar-refractivity contribution in [2.45, 2.75) is 110 Å². The van der Waals surface area contributed by atoms with Crippen LogP contribution in [-0.2, 0) is 4.12 Å². The first-order chi connectivity index (χ1) is 9.50. The molecule has 0 aliphatic heterocycles. The van der Waals surface area contributed by atoms with Crippen molar-refractivity contribution in [1.82, 2.24) is 0 Å². The SMILES string of the molecule is CCC(C)[Si](Cl)(O[Si](C(C)C)(C(C)C)C(C)C)C(C)CC. The second-order valence-electron chi connectivity index (χ2n) is 7.74. The maximum Gasteiger partial charge on any atom is 0.285 e. The molecule has 0 aromatic heterocycles. The number of hydrogen-bond donors (Lipinski definition) is 0. The van der Waals surface area contributed by atoms with Gasteiger partial charge in [0.25, 0.3) is 7.63 Å². The van der Waals surface area contributed by atoms with E-state index in [4.69, 9.17) is 15.2 Å². The molecule has 0 aliphatic carbocycles. The molecule has 0 radical (unpaired) electrons. The maximum atomic E-state index is 7.31. The van der Waals surface area contributed by atoms with Crippen molar-refractivity contribution in [1.29, 1.82) is 0 Å². The van der Waals surface area contributed by atoms with E-state index in [0.717, 1.165) is 12.8 Å². The zero-order chi connectivity index (χ0) is 17.0. The molecule has 0 amide bonds. The van der Waals surface area contributed by atoms with Gasteiger partial charge in [-0.2, -0.15) is 0 Å². The Hall–Kier alpha value is 0.684. The van der Waals surface area contributed by atoms with E-state index in [-0.39, 0.29) is 0 Å². The highest BCUT2D eigenvalue weighted by molar-refractivity contribution is 7.20. The summed E-state index contributed by atoms with van der Waals surface area (Å²) in [5, 5.41) is 0. The monoisotopic (exact) mass is 350 g/mol. The van der Waals surface area contributed by atoms with Gasteiger partial charge in [-0.15, -0.1) is 11.1 Å². The van der Waals surface area contributed by atoms with Crippen LogP contribution >= 0.6 is 11.1 Å². The molecule has 0 fully saturated rings. The van der Waals surface area contributed by atoms with Gasteiger partial charge in [0, 0.05) is 0 Å². The molecule has 4 heteroatoms. The standard InChI is InChI=1S/C17H39ClOSi2/c1-11-16(9)21(18,17(10)12-2)19-20(13(3)4,14(5)6)15(7)8/h13-17H,11-12H2,1-10H3. The normalized spacial score (nSPS) is 19.1. The second kappa shape index (κ2) is 8.51. The zero-order valence-corrected chi connectivity index (χ0v) is 18.8. The smallest absolute Gasteiger partial charge is 0.285 e. The van der Waals surface area contributed by atoms with E-state index >= 15 is 0 Å². The van der Waals surface area contributed by atoms with Crippen molar-refractivity contribution in [2.75, 3.05) is 0 Å². The highest BCUT2D eigenvalue weighted by Gasteiger charge is 2.54. The van der Waals surface area contributed by atoms with Crippen molar-refractivity contribution < 1.29 is 4.12 Å². The molecule has 128 valence electrons. The predicted molar refractivity (Wildman–Crippen MR) is 103 cm³/mol. The van der Waals surface area contributed by atoms with Gasteiger partial charge >= 0.3 is 0 Å². The number of halogens is 1. The Labute approximate surface area is 141 Å². The van der Waals surface area contributed by atoms with E-state index < -0.39 is 15.9 Å².